The van der Waals surface area contributed by atoms with E-state index in [9.17, 15) is 9.90 Å². The van der Waals surface area contributed by atoms with Gasteiger partial charge in [-0.3, -0.25) is 14.7 Å². The SMILES string of the molecule is COc1ccc2nccc(CCC[C@@H]3CCN(CC#Cc4ccncn4)C[C@@H]3CCC(=O)O)c2c1. The van der Waals surface area contributed by atoms with Crippen LogP contribution in [0.3, 0.4) is 0 Å². The summed E-state index contributed by atoms with van der Waals surface area (Å²) in [6.45, 7) is 2.55. The van der Waals surface area contributed by atoms with Crippen molar-refractivity contribution in [3.63, 3.8) is 0 Å². The number of carboxylic acid groups (broad SMARTS) is 1. The Labute approximate surface area is 206 Å². The number of carbonyl (C=O) groups is 1. The van der Waals surface area contributed by atoms with Crippen LogP contribution in [0.25, 0.3) is 10.9 Å². The van der Waals surface area contributed by atoms with Crippen LogP contribution in [0.5, 0.6) is 5.75 Å². The third-order valence-electron chi connectivity index (χ3n) is 6.87. The molecule has 3 heterocycles. The highest BCUT2D eigenvalue weighted by Crippen LogP contribution is 2.32. The first-order chi connectivity index (χ1) is 17.1. The summed E-state index contributed by atoms with van der Waals surface area (Å²) in [5.41, 5.74) is 2.99. The van der Waals surface area contributed by atoms with Crippen molar-refractivity contribution in [2.75, 3.05) is 26.7 Å². The number of piperidine rings is 1. The molecule has 1 aliphatic rings. The minimum absolute atomic E-state index is 0.219. The number of benzene rings is 1. The van der Waals surface area contributed by atoms with Crippen molar-refractivity contribution in [3.8, 4) is 17.6 Å². The monoisotopic (exact) mass is 472 g/mol. The van der Waals surface area contributed by atoms with Gasteiger partial charge in [-0.1, -0.05) is 5.92 Å². The molecular weight excluding hydrogens is 440 g/mol. The third kappa shape index (κ3) is 7.00. The number of nitrogens with zero attached hydrogens (tertiary/aromatic N) is 4. The van der Waals surface area contributed by atoms with Gasteiger partial charge in [-0.05, 0) is 92.3 Å². The average molecular weight is 473 g/mol. The molecular formula is C28H32N4O3. The van der Waals surface area contributed by atoms with E-state index in [0.29, 0.717) is 24.8 Å². The third-order valence-corrected chi connectivity index (χ3v) is 6.87. The van der Waals surface area contributed by atoms with Crippen LogP contribution >= 0.6 is 0 Å². The minimum Gasteiger partial charge on any atom is -0.497 e. The first-order valence-corrected chi connectivity index (χ1v) is 12.2. The van der Waals surface area contributed by atoms with E-state index in [1.54, 1.807) is 19.4 Å². The van der Waals surface area contributed by atoms with Crippen molar-refractivity contribution in [2.45, 2.75) is 38.5 Å². The van der Waals surface area contributed by atoms with Gasteiger partial charge in [0.25, 0.3) is 0 Å². The van der Waals surface area contributed by atoms with Crippen LogP contribution < -0.4 is 4.74 Å². The lowest BCUT2D eigenvalue weighted by molar-refractivity contribution is -0.137. The van der Waals surface area contributed by atoms with Crippen LogP contribution in [-0.4, -0.2) is 57.7 Å². The molecule has 1 aliphatic heterocycles. The molecule has 4 rings (SSSR count). The summed E-state index contributed by atoms with van der Waals surface area (Å²) < 4.78 is 5.40. The molecule has 1 fully saturated rings. The number of pyridine rings is 1. The number of aryl methyl sites for hydroxylation is 1. The van der Waals surface area contributed by atoms with Gasteiger partial charge in [0.05, 0.1) is 19.2 Å². The fourth-order valence-corrected chi connectivity index (χ4v) is 5.00. The van der Waals surface area contributed by atoms with Gasteiger partial charge in [-0.2, -0.15) is 0 Å². The number of aromatic nitrogens is 3. The first-order valence-electron chi connectivity index (χ1n) is 12.2. The van der Waals surface area contributed by atoms with Gasteiger partial charge in [0, 0.05) is 30.7 Å². The molecule has 0 amide bonds. The van der Waals surface area contributed by atoms with Crippen molar-refractivity contribution in [1.29, 1.82) is 0 Å². The Bertz CT molecular complexity index is 1190. The molecule has 7 heteroatoms. The summed E-state index contributed by atoms with van der Waals surface area (Å²) in [5.74, 6) is 7.33. The van der Waals surface area contributed by atoms with Crippen molar-refractivity contribution in [1.82, 2.24) is 19.9 Å². The van der Waals surface area contributed by atoms with E-state index in [4.69, 9.17) is 4.74 Å². The number of carboxylic acids is 1. The molecule has 0 unspecified atom stereocenters. The molecule has 182 valence electrons. The van der Waals surface area contributed by atoms with E-state index in [0.717, 1.165) is 61.1 Å². The summed E-state index contributed by atoms with van der Waals surface area (Å²) in [6.07, 6.45) is 10.2. The Morgan fingerprint density at radius 1 is 1.17 bits per heavy atom. The topological polar surface area (TPSA) is 88.4 Å². The lowest BCUT2D eigenvalue weighted by atomic mass is 9.79. The van der Waals surface area contributed by atoms with Gasteiger partial charge in [-0.25, -0.2) is 9.97 Å². The van der Waals surface area contributed by atoms with E-state index >= 15 is 0 Å². The Morgan fingerprint density at radius 2 is 2.09 bits per heavy atom. The Balaban J connectivity index is 1.35. The molecule has 7 nitrogen and oxygen atoms in total. The first kappa shape index (κ1) is 24.6. The maximum absolute atomic E-state index is 11.3. The number of fused-ring (bicyclic) bond motifs is 1. The maximum atomic E-state index is 11.3. The largest absolute Gasteiger partial charge is 0.497 e. The second-order valence-electron chi connectivity index (χ2n) is 9.12. The summed E-state index contributed by atoms with van der Waals surface area (Å²) >= 11 is 0. The molecule has 0 saturated carbocycles. The van der Waals surface area contributed by atoms with Crippen LogP contribution in [0, 0.1) is 23.7 Å². The second-order valence-corrected chi connectivity index (χ2v) is 9.12. The van der Waals surface area contributed by atoms with Crippen LogP contribution in [-0.2, 0) is 11.2 Å². The Hall–Kier alpha value is -3.50. The van der Waals surface area contributed by atoms with E-state index in [2.05, 4.69) is 43.8 Å². The van der Waals surface area contributed by atoms with E-state index in [1.807, 2.05) is 18.3 Å². The van der Waals surface area contributed by atoms with Crippen molar-refractivity contribution < 1.29 is 14.6 Å². The minimum atomic E-state index is -0.721. The second kappa shape index (κ2) is 12.3. The Kier molecular flexibility index (Phi) is 8.63. The standard InChI is InChI=1S/C28H32N4O3/c1-35-25-8-9-27-26(18-25)22(11-15-30-27)5-2-4-21-13-17-32(19-23(21)7-10-28(33)34)16-3-6-24-12-14-29-20-31-24/h8-9,11-12,14-15,18,20-21,23H,2,4-5,7,10,13,16-17,19H2,1H3,(H,33,34)/t21-,23+/m1/s1. The quantitative estimate of drug-likeness (QED) is 0.467. The number of rotatable bonds is 9. The van der Waals surface area contributed by atoms with Gasteiger partial charge in [0.15, 0.2) is 0 Å². The summed E-state index contributed by atoms with van der Waals surface area (Å²) in [4.78, 5) is 26.2. The maximum Gasteiger partial charge on any atom is 0.303 e. The summed E-state index contributed by atoms with van der Waals surface area (Å²) in [5, 5.41) is 10.4. The van der Waals surface area contributed by atoms with E-state index in [1.165, 1.54) is 11.9 Å². The molecule has 0 bridgehead atoms. The van der Waals surface area contributed by atoms with Gasteiger partial charge in [0.2, 0.25) is 0 Å². The number of hydrogen-bond donors (Lipinski definition) is 1. The molecule has 2 aromatic heterocycles. The highest BCUT2D eigenvalue weighted by Gasteiger charge is 2.28. The fraction of sp³-hybridized carbons (Fsp3) is 0.429. The van der Waals surface area contributed by atoms with Gasteiger partial charge < -0.3 is 9.84 Å². The van der Waals surface area contributed by atoms with Crippen molar-refractivity contribution in [3.05, 3.63) is 60.3 Å². The average Bonchev–Trinajstić information content (AvgIpc) is 2.88. The van der Waals surface area contributed by atoms with Crippen LogP contribution in [0.2, 0.25) is 0 Å². The molecule has 0 aliphatic carbocycles. The smallest absolute Gasteiger partial charge is 0.303 e. The molecule has 0 radical (unpaired) electrons. The summed E-state index contributed by atoms with van der Waals surface area (Å²) in [7, 11) is 1.68. The highest BCUT2D eigenvalue weighted by atomic mass is 16.5. The zero-order valence-electron chi connectivity index (χ0n) is 20.2. The lowest BCUT2D eigenvalue weighted by Gasteiger charge is -2.38. The van der Waals surface area contributed by atoms with Gasteiger partial charge >= 0.3 is 5.97 Å². The van der Waals surface area contributed by atoms with Crippen LogP contribution in [0.4, 0.5) is 0 Å². The molecule has 1 saturated heterocycles. The summed E-state index contributed by atoms with van der Waals surface area (Å²) in [6, 6.07) is 9.91. The fourth-order valence-electron chi connectivity index (χ4n) is 5.00. The number of hydrogen-bond acceptors (Lipinski definition) is 6. The zero-order valence-corrected chi connectivity index (χ0v) is 20.2. The number of aliphatic carboxylic acids is 1. The molecule has 3 aromatic rings. The molecule has 35 heavy (non-hydrogen) atoms. The lowest BCUT2D eigenvalue weighted by Crippen LogP contribution is -2.41. The van der Waals surface area contributed by atoms with Crippen LogP contribution in [0.15, 0.2) is 49.1 Å². The predicted molar refractivity (Wildman–Crippen MR) is 135 cm³/mol. The molecule has 0 spiro atoms. The van der Waals surface area contributed by atoms with E-state index < -0.39 is 5.97 Å². The number of methoxy groups -OCH3 is 1. The van der Waals surface area contributed by atoms with Crippen molar-refractivity contribution in [2.24, 2.45) is 11.8 Å². The van der Waals surface area contributed by atoms with Crippen molar-refractivity contribution >= 4 is 16.9 Å². The highest BCUT2D eigenvalue weighted by molar-refractivity contribution is 5.83. The molecule has 2 atom stereocenters. The molecule has 1 aromatic carbocycles. The number of ether oxygens (including phenoxy) is 1. The van der Waals surface area contributed by atoms with E-state index in [-0.39, 0.29) is 6.42 Å². The van der Waals surface area contributed by atoms with Gasteiger partial charge in [-0.15, -0.1) is 0 Å². The predicted octanol–water partition coefficient (Wildman–Crippen LogP) is 4.21. The number of likely N-dealkylation sites (tertiary alicyclic amines) is 1. The zero-order chi connectivity index (χ0) is 24.5. The normalized spacial score (nSPS) is 18.1. The Morgan fingerprint density at radius 3 is 2.89 bits per heavy atom. The van der Waals surface area contributed by atoms with Crippen LogP contribution in [0.1, 0.15) is 43.4 Å². The molecule has 1 N–H and O–H groups in total. The van der Waals surface area contributed by atoms with Gasteiger partial charge in [0.1, 0.15) is 17.8 Å².